The van der Waals surface area contributed by atoms with Crippen LogP contribution in [0.4, 0.5) is 13.2 Å². The molecule has 0 atom stereocenters. The van der Waals surface area contributed by atoms with E-state index in [-0.39, 0.29) is 5.75 Å². The molecule has 0 aliphatic carbocycles. The second-order valence-electron chi connectivity index (χ2n) is 1.67. The molecule has 0 radical (unpaired) electrons. The molecule has 0 saturated carbocycles. The molecule has 13 heavy (non-hydrogen) atoms. The Labute approximate surface area is 71.9 Å². The summed E-state index contributed by atoms with van der Waals surface area (Å²) >= 11 is 0. The summed E-state index contributed by atoms with van der Waals surface area (Å²) in [6.45, 7) is 1.37. The summed E-state index contributed by atoms with van der Waals surface area (Å²) in [5, 5.41) is 7.12. The average Bonchev–Trinajstić information content (AvgIpc) is 1.85. The van der Waals surface area contributed by atoms with E-state index in [4.69, 9.17) is 14.5 Å². The zero-order valence-corrected chi connectivity index (χ0v) is 7.18. The summed E-state index contributed by atoms with van der Waals surface area (Å²) in [6, 6.07) is 0. The van der Waals surface area contributed by atoms with Crippen molar-refractivity contribution in [1.82, 2.24) is 0 Å². The van der Waals surface area contributed by atoms with Crippen molar-refractivity contribution in [3.8, 4) is 0 Å². The van der Waals surface area contributed by atoms with Crippen LogP contribution in [0.1, 0.15) is 6.92 Å². The highest BCUT2D eigenvalue weighted by Crippen LogP contribution is 2.13. The Morgan fingerprint density at radius 3 is 1.54 bits per heavy atom. The molecule has 80 valence electrons. The highest BCUT2D eigenvalue weighted by molar-refractivity contribution is 7.85. The van der Waals surface area contributed by atoms with Gasteiger partial charge < -0.3 is 5.11 Å². The first kappa shape index (κ1) is 14.7. The molecule has 0 unspecified atom stereocenters. The molecule has 5 nitrogen and oxygen atoms in total. The fourth-order valence-electron chi connectivity index (χ4n) is 0. The van der Waals surface area contributed by atoms with Crippen LogP contribution in [-0.4, -0.2) is 36.0 Å². The largest absolute Gasteiger partial charge is 0.490 e. The molecule has 0 fully saturated rings. The van der Waals surface area contributed by atoms with E-state index in [0.717, 1.165) is 0 Å². The zero-order valence-electron chi connectivity index (χ0n) is 6.37. The van der Waals surface area contributed by atoms with Crippen molar-refractivity contribution in [2.75, 3.05) is 5.75 Å². The number of carboxylic acid groups (broad SMARTS) is 1. The Kier molecular flexibility index (Phi) is 5.67. The number of carbonyl (C=O) groups is 1. The van der Waals surface area contributed by atoms with E-state index in [1.165, 1.54) is 6.92 Å². The van der Waals surface area contributed by atoms with Crippen molar-refractivity contribution >= 4 is 16.1 Å². The quantitative estimate of drug-likeness (QED) is 0.634. The van der Waals surface area contributed by atoms with Crippen molar-refractivity contribution in [3.63, 3.8) is 0 Å². The second kappa shape index (κ2) is 5.02. The second-order valence-corrected chi connectivity index (χ2v) is 3.41. The first-order valence-electron chi connectivity index (χ1n) is 2.76. The molecule has 2 N–H and O–H groups in total. The van der Waals surface area contributed by atoms with Crippen molar-refractivity contribution in [3.05, 3.63) is 0 Å². The molecular weight excluding hydrogens is 217 g/mol. The highest BCUT2D eigenvalue weighted by Gasteiger charge is 2.38. The van der Waals surface area contributed by atoms with Gasteiger partial charge in [-0.05, 0) is 6.92 Å². The van der Waals surface area contributed by atoms with Crippen LogP contribution < -0.4 is 0 Å². The van der Waals surface area contributed by atoms with Gasteiger partial charge in [0.15, 0.2) is 0 Å². The smallest absolute Gasteiger partial charge is 0.475 e. The van der Waals surface area contributed by atoms with Gasteiger partial charge in [0.25, 0.3) is 10.1 Å². The van der Waals surface area contributed by atoms with Gasteiger partial charge in [-0.15, -0.1) is 0 Å². The topological polar surface area (TPSA) is 91.7 Å². The van der Waals surface area contributed by atoms with Gasteiger partial charge in [-0.2, -0.15) is 21.6 Å². The van der Waals surface area contributed by atoms with E-state index in [9.17, 15) is 21.6 Å². The molecule has 0 aromatic rings. The van der Waals surface area contributed by atoms with Crippen molar-refractivity contribution in [1.29, 1.82) is 0 Å². The SMILES string of the molecule is CCS(=O)(=O)O.O=C(O)C(F)(F)F. The standard InChI is InChI=1S/C2HF3O2.C2H6O3S/c3-2(4,5)1(6)7;1-2-6(3,4)5/h(H,6,7);2H2,1H3,(H,3,4,5). The first-order chi connectivity index (χ1) is 5.50. The van der Waals surface area contributed by atoms with Crippen molar-refractivity contribution in [2.45, 2.75) is 13.1 Å². The maximum Gasteiger partial charge on any atom is 0.490 e. The van der Waals surface area contributed by atoms with E-state index >= 15 is 0 Å². The Balaban J connectivity index is 0. The van der Waals surface area contributed by atoms with E-state index < -0.39 is 22.3 Å². The number of hydrogen-bond donors (Lipinski definition) is 2. The van der Waals surface area contributed by atoms with E-state index in [1.807, 2.05) is 0 Å². The lowest BCUT2D eigenvalue weighted by Gasteiger charge is -1.93. The van der Waals surface area contributed by atoms with Crippen molar-refractivity contribution in [2.24, 2.45) is 0 Å². The number of hydrogen-bond acceptors (Lipinski definition) is 3. The molecule has 0 aliphatic heterocycles. The summed E-state index contributed by atoms with van der Waals surface area (Å²) in [5.74, 6) is -2.96. The highest BCUT2D eigenvalue weighted by atomic mass is 32.2. The molecule has 0 saturated heterocycles. The zero-order chi connectivity index (χ0) is 11.3. The summed E-state index contributed by atoms with van der Waals surface area (Å²) in [5.41, 5.74) is 0. The van der Waals surface area contributed by atoms with Crippen LogP contribution >= 0.6 is 0 Å². The van der Waals surface area contributed by atoms with Crippen LogP contribution in [0.15, 0.2) is 0 Å². The summed E-state index contributed by atoms with van der Waals surface area (Å²) in [4.78, 5) is 8.90. The van der Waals surface area contributed by atoms with Crippen molar-refractivity contribution < 1.29 is 36.0 Å². The van der Waals surface area contributed by atoms with Crippen LogP contribution in [0.3, 0.4) is 0 Å². The summed E-state index contributed by atoms with van der Waals surface area (Å²) in [7, 11) is -3.66. The van der Waals surface area contributed by atoms with Crippen LogP contribution in [0.25, 0.3) is 0 Å². The first-order valence-corrected chi connectivity index (χ1v) is 4.37. The van der Waals surface area contributed by atoms with Gasteiger partial charge in [0.05, 0.1) is 5.75 Å². The van der Waals surface area contributed by atoms with Gasteiger partial charge in [0, 0.05) is 0 Å². The Bertz CT molecular complexity index is 253. The minimum absolute atomic E-state index is 0.201. The lowest BCUT2D eigenvalue weighted by molar-refractivity contribution is -0.192. The van der Waals surface area contributed by atoms with Crippen LogP contribution in [0, 0.1) is 0 Å². The number of alkyl halides is 3. The molecule has 9 heteroatoms. The molecule has 0 aliphatic rings. The fourth-order valence-corrected chi connectivity index (χ4v) is 0. The number of halogens is 3. The maximum atomic E-state index is 10.6. The maximum absolute atomic E-state index is 10.6. The van der Waals surface area contributed by atoms with Gasteiger partial charge >= 0.3 is 12.1 Å². The van der Waals surface area contributed by atoms with E-state index in [0.29, 0.717) is 0 Å². The van der Waals surface area contributed by atoms with Crippen LogP contribution in [0.2, 0.25) is 0 Å². The molecule has 0 amide bonds. The lowest BCUT2D eigenvalue weighted by atomic mass is 10.7. The number of carboxylic acids is 1. The Morgan fingerprint density at radius 1 is 1.38 bits per heavy atom. The summed E-state index contributed by atoms with van der Waals surface area (Å²) in [6.07, 6.45) is -5.08. The van der Waals surface area contributed by atoms with Crippen LogP contribution in [0.5, 0.6) is 0 Å². The van der Waals surface area contributed by atoms with Gasteiger partial charge in [-0.25, -0.2) is 4.79 Å². The molecule has 0 spiro atoms. The van der Waals surface area contributed by atoms with E-state index in [1.54, 1.807) is 0 Å². The van der Waals surface area contributed by atoms with Gasteiger partial charge in [0.2, 0.25) is 0 Å². The Hall–Kier alpha value is -0.830. The molecule has 0 bridgehead atoms. The third kappa shape index (κ3) is 14.1. The molecule has 0 heterocycles. The van der Waals surface area contributed by atoms with E-state index in [2.05, 4.69) is 0 Å². The van der Waals surface area contributed by atoms with Crippen LogP contribution in [-0.2, 0) is 14.9 Å². The number of aliphatic carboxylic acids is 1. The third-order valence-corrected chi connectivity index (χ3v) is 1.34. The fraction of sp³-hybridized carbons (Fsp3) is 0.750. The normalized spacial score (nSPS) is 11.5. The molecule has 0 aromatic carbocycles. The lowest BCUT2D eigenvalue weighted by Crippen LogP contribution is -2.21. The van der Waals surface area contributed by atoms with Gasteiger partial charge in [-0.1, -0.05) is 0 Å². The minimum Gasteiger partial charge on any atom is -0.475 e. The molecule has 0 aromatic heterocycles. The van der Waals surface area contributed by atoms with Gasteiger partial charge in [-0.3, -0.25) is 4.55 Å². The predicted octanol–water partition coefficient (Wildman–Crippen LogP) is 0.527. The predicted molar refractivity (Wildman–Crippen MR) is 35.8 cm³/mol. The summed E-state index contributed by atoms with van der Waals surface area (Å²) < 4.78 is 58.6. The molecule has 0 rings (SSSR count). The Morgan fingerprint density at radius 2 is 1.54 bits per heavy atom. The number of rotatable bonds is 1. The monoisotopic (exact) mass is 224 g/mol. The third-order valence-electron chi connectivity index (χ3n) is 0.607. The minimum atomic E-state index is -5.08. The average molecular weight is 224 g/mol. The van der Waals surface area contributed by atoms with Gasteiger partial charge in [0.1, 0.15) is 0 Å². The molecular formula is C4H7F3O5S.